The molecule has 1 aliphatic rings. The fourth-order valence-corrected chi connectivity index (χ4v) is 2.51. The quantitative estimate of drug-likeness (QED) is 0.899. The number of carbonyl (C=O) groups is 2. The monoisotopic (exact) mass is 309 g/mol. The Kier molecular flexibility index (Phi) is 5.49. The van der Waals surface area contributed by atoms with E-state index in [1.807, 2.05) is 13.0 Å². The van der Waals surface area contributed by atoms with Gasteiger partial charge in [-0.25, -0.2) is 9.18 Å². The lowest BCUT2D eigenvalue weighted by atomic mass is 9.99. The van der Waals surface area contributed by atoms with Crippen LogP contribution in [-0.4, -0.2) is 47.7 Å². The van der Waals surface area contributed by atoms with Gasteiger partial charge in [-0.3, -0.25) is 4.79 Å². The minimum absolute atomic E-state index is 0.0778. The van der Waals surface area contributed by atoms with E-state index in [2.05, 4.69) is 0 Å². The highest BCUT2D eigenvalue weighted by Gasteiger charge is 2.30. The van der Waals surface area contributed by atoms with Gasteiger partial charge < -0.3 is 14.7 Å². The molecule has 0 aromatic heterocycles. The van der Waals surface area contributed by atoms with E-state index in [1.165, 1.54) is 12.1 Å². The summed E-state index contributed by atoms with van der Waals surface area (Å²) in [6, 6.07) is 6.33. The molecule has 5 nitrogen and oxygen atoms in total. The molecule has 0 aliphatic carbocycles. The minimum Gasteiger partial charge on any atom is -0.479 e. The van der Waals surface area contributed by atoms with Crippen molar-refractivity contribution in [2.45, 2.75) is 25.9 Å². The Labute approximate surface area is 128 Å². The Hall–Kier alpha value is -1.95. The number of aryl methyl sites for hydroxylation is 1. The van der Waals surface area contributed by atoms with Gasteiger partial charge in [0.25, 0.3) is 0 Å². The first kappa shape index (κ1) is 16.4. The van der Waals surface area contributed by atoms with Gasteiger partial charge in [0.2, 0.25) is 5.91 Å². The molecule has 2 rings (SSSR count). The molecule has 2 atom stereocenters. The first-order valence-corrected chi connectivity index (χ1v) is 7.35. The second-order valence-corrected chi connectivity index (χ2v) is 5.55. The van der Waals surface area contributed by atoms with Crippen LogP contribution in [-0.2, 0) is 20.7 Å². The van der Waals surface area contributed by atoms with Crippen LogP contribution in [0.4, 0.5) is 4.39 Å². The standard InChI is InChI=1S/C16H20FNO4/c1-11(5-6-12-3-2-4-13(17)9-12)15(19)18-7-8-22-14(10-18)16(20)21/h2-4,9,11,14H,5-8,10H2,1H3,(H,20,21)/t11-,14+/m1/s1. The van der Waals surface area contributed by atoms with E-state index in [-0.39, 0.29) is 30.8 Å². The second-order valence-electron chi connectivity index (χ2n) is 5.55. The number of morpholine rings is 1. The topological polar surface area (TPSA) is 66.8 Å². The van der Waals surface area contributed by atoms with Gasteiger partial charge in [0, 0.05) is 12.5 Å². The van der Waals surface area contributed by atoms with Gasteiger partial charge in [-0.05, 0) is 30.5 Å². The van der Waals surface area contributed by atoms with Gasteiger partial charge in [0.1, 0.15) is 5.82 Å². The highest BCUT2D eigenvalue weighted by molar-refractivity contribution is 5.80. The molecule has 1 amide bonds. The molecular formula is C16H20FNO4. The molecule has 1 aromatic carbocycles. The van der Waals surface area contributed by atoms with Gasteiger partial charge in [-0.15, -0.1) is 0 Å². The molecular weight excluding hydrogens is 289 g/mol. The van der Waals surface area contributed by atoms with E-state index < -0.39 is 12.1 Å². The third kappa shape index (κ3) is 4.27. The summed E-state index contributed by atoms with van der Waals surface area (Å²) in [6.45, 7) is 2.54. The zero-order valence-corrected chi connectivity index (χ0v) is 12.5. The van der Waals surface area contributed by atoms with Crippen molar-refractivity contribution in [1.29, 1.82) is 0 Å². The lowest BCUT2D eigenvalue weighted by Crippen LogP contribution is -2.50. The van der Waals surface area contributed by atoms with Crippen molar-refractivity contribution in [2.75, 3.05) is 19.7 Å². The van der Waals surface area contributed by atoms with Crippen LogP contribution in [0, 0.1) is 11.7 Å². The van der Waals surface area contributed by atoms with E-state index in [0.717, 1.165) is 5.56 Å². The maximum atomic E-state index is 13.1. The SMILES string of the molecule is C[C@H](CCc1cccc(F)c1)C(=O)N1CCO[C@H](C(=O)O)C1. The maximum Gasteiger partial charge on any atom is 0.334 e. The van der Waals surface area contributed by atoms with Gasteiger partial charge >= 0.3 is 5.97 Å². The van der Waals surface area contributed by atoms with E-state index >= 15 is 0 Å². The molecule has 1 heterocycles. The molecule has 120 valence electrons. The molecule has 1 aliphatic heterocycles. The molecule has 0 unspecified atom stereocenters. The zero-order chi connectivity index (χ0) is 16.1. The molecule has 1 aromatic rings. The van der Waals surface area contributed by atoms with E-state index in [1.54, 1.807) is 11.0 Å². The highest BCUT2D eigenvalue weighted by Crippen LogP contribution is 2.15. The number of aliphatic carboxylic acids is 1. The lowest BCUT2D eigenvalue weighted by Gasteiger charge is -2.32. The molecule has 22 heavy (non-hydrogen) atoms. The number of halogens is 1. The summed E-state index contributed by atoms with van der Waals surface area (Å²) in [5, 5.41) is 8.96. The van der Waals surface area contributed by atoms with Crippen LogP contribution in [0.25, 0.3) is 0 Å². The number of hydrogen-bond donors (Lipinski definition) is 1. The van der Waals surface area contributed by atoms with Crippen LogP contribution in [0.5, 0.6) is 0 Å². The van der Waals surface area contributed by atoms with Crippen molar-refractivity contribution in [2.24, 2.45) is 5.92 Å². The molecule has 1 N–H and O–H groups in total. The van der Waals surface area contributed by atoms with Crippen molar-refractivity contribution in [3.05, 3.63) is 35.6 Å². The van der Waals surface area contributed by atoms with Crippen molar-refractivity contribution < 1.29 is 23.8 Å². The number of ether oxygens (including phenoxy) is 1. The number of hydrogen-bond acceptors (Lipinski definition) is 3. The number of rotatable bonds is 5. The summed E-state index contributed by atoms with van der Waals surface area (Å²) >= 11 is 0. The largest absolute Gasteiger partial charge is 0.479 e. The molecule has 1 saturated heterocycles. The average Bonchev–Trinajstić information content (AvgIpc) is 2.52. The summed E-state index contributed by atoms with van der Waals surface area (Å²) in [5.74, 6) is -1.65. The first-order valence-electron chi connectivity index (χ1n) is 7.35. The Morgan fingerprint density at radius 3 is 2.95 bits per heavy atom. The number of nitrogens with zero attached hydrogens (tertiary/aromatic N) is 1. The number of amides is 1. The zero-order valence-electron chi connectivity index (χ0n) is 12.5. The Bertz CT molecular complexity index is 549. The van der Waals surface area contributed by atoms with Gasteiger partial charge in [0.05, 0.1) is 13.2 Å². The molecule has 0 bridgehead atoms. The summed E-state index contributed by atoms with van der Waals surface area (Å²) in [7, 11) is 0. The van der Waals surface area contributed by atoms with E-state index in [4.69, 9.17) is 9.84 Å². The van der Waals surface area contributed by atoms with Crippen molar-refractivity contribution >= 4 is 11.9 Å². The molecule has 1 fully saturated rings. The van der Waals surface area contributed by atoms with Crippen molar-refractivity contribution in [3.8, 4) is 0 Å². The number of carboxylic acid groups (broad SMARTS) is 1. The Morgan fingerprint density at radius 1 is 1.50 bits per heavy atom. The van der Waals surface area contributed by atoms with Gasteiger partial charge in [-0.2, -0.15) is 0 Å². The third-order valence-corrected chi connectivity index (χ3v) is 3.83. The van der Waals surface area contributed by atoms with Crippen LogP contribution in [0.3, 0.4) is 0 Å². The summed E-state index contributed by atoms with van der Waals surface area (Å²) in [5.41, 5.74) is 0.852. The molecule has 0 radical (unpaired) electrons. The smallest absolute Gasteiger partial charge is 0.334 e. The third-order valence-electron chi connectivity index (χ3n) is 3.83. The number of carboxylic acids is 1. The second kappa shape index (κ2) is 7.35. The Morgan fingerprint density at radius 2 is 2.27 bits per heavy atom. The summed E-state index contributed by atoms with van der Waals surface area (Å²) < 4.78 is 18.2. The number of benzene rings is 1. The highest BCUT2D eigenvalue weighted by atomic mass is 19.1. The lowest BCUT2D eigenvalue weighted by molar-refractivity contribution is -0.160. The van der Waals surface area contributed by atoms with Gasteiger partial charge in [0.15, 0.2) is 6.10 Å². The molecule has 0 spiro atoms. The van der Waals surface area contributed by atoms with Crippen molar-refractivity contribution in [1.82, 2.24) is 4.90 Å². The fourth-order valence-electron chi connectivity index (χ4n) is 2.51. The molecule has 0 saturated carbocycles. The normalized spacial score (nSPS) is 19.7. The predicted octanol–water partition coefficient (Wildman–Crippen LogP) is 1.71. The maximum absolute atomic E-state index is 13.1. The summed E-state index contributed by atoms with van der Waals surface area (Å²) in [4.78, 5) is 24.8. The van der Waals surface area contributed by atoms with Gasteiger partial charge in [-0.1, -0.05) is 19.1 Å². The Balaban J connectivity index is 1.87. The van der Waals surface area contributed by atoms with E-state index in [0.29, 0.717) is 19.4 Å². The molecule has 6 heteroatoms. The van der Waals surface area contributed by atoms with Crippen LogP contribution < -0.4 is 0 Å². The van der Waals surface area contributed by atoms with Crippen LogP contribution in [0.15, 0.2) is 24.3 Å². The van der Waals surface area contributed by atoms with E-state index in [9.17, 15) is 14.0 Å². The number of carbonyl (C=O) groups excluding carboxylic acids is 1. The van der Waals surface area contributed by atoms with Crippen LogP contribution in [0.2, 0.25) is 0 Å². The van der Waals surface area contributed by atoms with Crippen LogP contribution in [0.1, 0.15) is 18.9 Å². The van der Waals surface area contributed by atoms with Crippen molar-refractivity contribution in [3.63, 3.8) is 0 Å². The van der Waals surface area contributed by atoms with Crippen LogP contribution >= 0.6 is 0 Å². The minimum atomic E-state index is -1.05. The fraction of sp³-hybridized carbons (Fsp3) is 0.500. The average molecular weight is 309 g/mol. The predicted molar refractivity (Wildman–Crippen MR) is 77.8 cm³/mol. The first-order chi connectivity index (χ1) is 10.5. The summed E-state index contributed by atoms with van der Waals surface area (Å²) in [6.07, 6.45) is 0.252.